The normalized spacial score (nSPS) is 26.9. The summed E-state index contributed by atoms with van der Waals surface area (Å²) in [7, 11) is 1.65. The summed E-state index contributed by atoms with van der Waals surface area (Å²) in [4.78, 5) is 14.3. The molecular weight excluding hydrogens is 308 g/mol. The molecule has 0 bridgehead atoms. The SMILES string of the molecule is COc1ccc([C@@H]2NC(=O)[C@@H]3CCCCN32)cc1Br. The van der Waals surface area contributed by atoms with Crippen LogP contribution in [0.1, 0.15) is 31.0 Å². The van der Waals surface area contributed by atoms with Gasteiger partial charge in [0.1, 0.15) is 11.9 Å². The van der Waals surface area contributed by atoms with Crippen LogP contribution in [0.15, 0.2) is 22.7 Å². The third kappa shape index (κ3) is 2.25. The number of benzene rings is 1. The van der Waals surface area contributed by atoms with Crippen molar-refractivity contribution in [3.8, 4) is 5.75 Å². The second-order valence-electron chi connectivity index (χ2n) is 5.05. The molecule has 2 saturated heterocycles. The Labute approximate surface area is 121 Å². The van der Waals surface area contributed by atoms with Gasteiger partial charge in [0.25, 0.3) is 0 Å². The number of carbonyl (C=O) groups excluding carboxylic acids is 1. The van der Waals surface area contributed by atoms with Crippen LogP contribution in [0.3, 0.4) is 0 Å². The van der Waals surface area contributed by atoms with E-state index in [2.05, 4.69) is 26.1 Å². The Morgan fingerprint density at radius 2 is 2.26 bits per heavy atom. The van der Waals surface area contributed by atoms with Gasteiger partial charge in [0.2, 0.25) is 5.91 Å². The van der Waals surface area contributed by atoms with E-state index < -0.39 is 0 Å². The van der Waals surface area contributed by atoms with E-state index in [1.807, 2.05) is 18.2 Å². The molecule has 2 aliphatic rings. The van der Waals surface area contributed by atoms with E-state index in [-0.39, 0.29) is 18.1 Å². The molecule has 102 valence electrons. The zero-order valence-corrected chi connectivity index (χ0v) is 12.4. The van der Waals surface area contributed by atoms with Crippen molar-refractivity contribution in [3.05, 3.63) is 28.2 Å². The van der Waals surface area contributed by atoms with E-state index >= 15 is 0 Å². The number of hydrogen-bond acceptors (Lipinski definition) is 3. The van der Waals surface area contributed by atoms with Gasteiger partial charge in [-0.05, 0) is 46.5 Å². The van der Waals surface area contributed by atoms with Gasteiger partial charge in [-0.25, -0.2) is 0 Å². The molecule has 2 fully saturated rings. The zero-order valence-electron chi connectivity index (χ0n) is 10.9. The Kier molecular flexibility index (Phi) is 3.50. The molecule has 19 heavy (non-hydrogen) atoms. The van der Waals surface area contributed by atoms with Crippen LogP contribution in [0.4, 0.5) is 0 Å². The Hall–Kier alpha value is -1.07. The third-order valence-corrected chi connectivity index (χ3v) is 4.57. The molecule has 1 aromatic carbocycles. The molecule has 2 heterocycles. The Morgan fingerprint density at radius 3 is 3.00 bits per heavy atom. The fraction of sp³-hybridized carbons (Fsp3) is 0.500. The molecule has 1 aromatic rings. The van der Waals surface area contributed by atoms with Gasteiger partial charge < -0.3 is 10.1 Å². The van der Waals surface area contributed by atoms with Crippen LogP contribution in [0.2, 0.25) is 0 Å². The number of carbonyl (C=O) groups is 1. The highest BCUT2D eigenvalue weighted by Crippen LogP contribution is 2.35. The number of rotatable bonds is 2. The Morgan fingerprint density at radius 1 is 1.42 bits per heavy atom. The van der Waals surface area contributed by atoms with Crippen LogP contribution in [0, 0.1) is 0 Å². The predicted octanol–water partition coefficient (Wildman–Crippen LogP) is 2.44. The summed E-state index contributed by atoms with van der Waals surface area (Å²) in [6.45, 7) is 0.984. The van der Waals surface area contributed by atoms with Crippen molar-refractivity contribution in [2.24, 2.45) is 0 Å². The predicted molar refractivity (Wildman–Crippen MR) is 75.9 cm³/mol. The summed E-state index contributed by atoms with van der Waals surface area (Å²) in [6, 6.07) is 6.04. The Bertz CT molecular complexity index is 506. The molecule has 0 spiro atoms. The molecule has 0 aliphatic carbocycles. The second-order valence-corrected chi connectivity index (χ2v) is 5.91. The van der Waals surface area contributed by atoms with Crippen molar-refractivity contribution in [2.75, 3.05) is 13.7 Å². The summed E-state index contributed by atoms with van der Waals surface area (Å²) in [6.07, 6.45) is 3.28. The number of nitrogens with zero attached hydrogens (tertiary/aromatic N) is 1. The maximum atomic E-state index is 12.0. The van der Waals surface area contributed by atoms with Crippen LogP contribution < -0.4 is 10.1 Å². The van der Waals surface area contributed by atoms with Crippen LogP contribution in [0.25, 0.3) is 0 Å². The van der Waals surface area contributed by atoms with Crippen molar-refractivity contribution >= 4 is 21.8 Å². The topological polar surface area (TPSA) is 41.6 Å². The number of ether oxygens (including phenoxy) is 1. The molecule has 2 atom stereocenters. The maximum absolute atomic E-state index is 12.0. The standard InChI is InChI=1S/C14H17BrN2O2/c1-19-12-6-5-9(8-10(12)15)13-16-14(18)11-4-2-3-7-17(11)13/h5-6,8,11,13H,2-4,7H2,1H3,(H,16,18)/t11-,13+/m0/s1. The maximum Gasteiger partial charge on any atom is 0.238 e. The summed E-state index contributed by atoms with van der Waals surface area (Å²) < 4.78 is 6.16. The number of piperidine rings is 1. The third-order valence-electron chi connectivity index (χ3n) is 3.95. The zero-order chi connectivity index (χ0) is 13.4. The van der Waals surface area contributed by atoms with E-state index in [9.17, 15) is 4.79 Å². The van der Waals surface area contributed by atoms with E-state index in [4.69, 9.17) is 4.74 Å². The smallest absolute Gasteiger partial charge is 0.238 e. The first-order valence-corrected chi connectivity index (χ1v) is 7.39. The molecule has 4 nitrogen and oxygen atoms in total. The summed E-state index contributed by atoms with van der Waals surface area (Å²) in [5, 5.41) is 3.10. The quantitative estimate of drug-likeness (QED) is 0.908. The van der Waals surface area contributed by atoms with Gasteiger partial charge in [-0.15, -0.1) is 0 Å². The molecule has 0 radical (unpaired) electrons. The molecule has 0 aromatic heterocycles. The minimum Gasteiger partial charge on any atom is -0.496 e. The molecular formula is C14H17BrN2O2. The highest BCUT2D eigenvalue weighted by atomic mass is 79.9. The minimum atomic E-state index is 0.00000567. The Balaban J connectivity index is 1.89. The van der Waals surface area contributed by atoms with E-state index in [1.165, 1.54) is 6.42 Å². The van der Waals surface area contributed by atoms with Crippen LogP contribution in [-0.4, -0.2) is 30.5 Å². The van der Waals surface area contributed by atoms with Gasteiger partial charge in [0, 0.05) is 6.54 Å². The average Bonchev–Trinajstić information content (AvgIpc) is 2.77. The highest BCUT2D eigenvalue weighted by molar-refractivity contribution is 9.10. The number of halogens is 1. The fourth-order valence-electron chi connectivity index (χ4n) is 2.99. The van der Waals surface area contributed by atoms with Gasteiger partial charge in [-0.1, -0.05) is 12.5 Å². The van der Waals surface area contributed by atoms with Gasteiger partial charge >= 0.3 is 0 Å². The average molecular weight is 325 g/mol. The van der Waals surface area contributed by atoms with Gasteiger partial charge in [-0.3, -0.25) is 9.69 Å². The molecule has 1 N–H and O–H groups in total. The van der Waals surface area contributed by atoms with Gasteiger partial charge in [0.15, 0.2) is 0 Å². The van der Waals surface area contributed by atoms with Gasteiger partial charge in [-0.2, -0.15) is 0 Å². The summed E-state index contributed by atoms with van der Waals surface area (Å²) in [5.41, 5.74) is 1.10. The first kappa shape index (κ1) is 12.9. The number of fused-ring (bicyclic) bond motifs is 1. The summed E-state index contributed by atoms with van der Waals surface area (Å²) >= 11 is 3.50. The lowest BCUT2D eigenvalue weighted by atomic mass is 10.0. The van der Waals surface area contributed by atoms with Crippen molar-refractivity contribution in [1.82, 2.24) is 10.2 Å². The molecule has 1 amide bonds. The van der Waals surface area contributed by atoms with E-state index in [0.717, 1.165) is 35.2 Å². The lowest BCUT2D eigenvalue weighted by Gasteiger charge is -2.31. The molecule has 2 aliphatic heterocycles. The van der Waals surface area contributed by atoms with Crippen molar-refractivity contribution < 1.29 is 9.53 Å². The van der Waals surface area contributed by atoms with Crippen LogP contribution in [0.5, 0.6) is 5.75 Å². The lowest BCUT2D eigenvalue weighted by Crippen LogP contribution is -2.38. The number of hydrogen-bond donors (Lipinski definition) is 1. The van der Waals surface area contributed by atoms with Crippen molar-refractivity contribution in [2.45, 2.75) is 31.5 Å². The lowest BCUT2D eigenvalue weighted by molar-refractivity contribution is -0.122. The molecule has 5 heteroatoms. The first-order chi connectivity index (χ1) is 9.20. The molecule has 0 saturated carbocycles. The van der Waals surface area contributed by atoms with Crippen molar-refractivity contribution in [1.29, 1.82) is 0 Å². The first-order valence-electron chi connectivity index (χ1n) is 6.60. The number of methoxy groups -OCH3 is 1. The highest BCUT2D eigenvalue weighted by Gasteiger charge is 2.41. The summed E-state index contributed by atoms with van der Waals surface area (Å²) in [5.74, 6) is 0.972. The van der Waals surface area contributed by atoms with Gasteiger partial charge in [0.05, 0.1) is 17.6 Å². The van der Waals surface area contributed by atoms with Crippen LogP contribution >= 0.6 is 15.9 Å². The number of nitrogens with one attached hydrogen (secondary N) is 1. The van der Waals surface area contributed by atoms with Crippen LogP contribution in [-0.2, 0) is 4.79 Å². The van der Waals surface area contributed by atoms with Crippen molar-refractivity contribution in [3.63, 3.8) is 0 Å². The molecule has 3 rings (SSSR count). The largest absolute Gasteiger partial charge is 0.496 e. The van der Waals surface area contributed by atoms with E-state index in [0.29, 0.717) is 0 Å². The molecule has 0 unspecified atom stereocenters. The van der Waals surface area contributed by atoms with E-state index in [1.54, 1.807) is 7.11 Å². The fourth-order valence-corrected chi connectivity index (χ4v) is 3.54. The minimum absolute atomic E-state index is 0.00000567. The number of amides is 1. The monoisotopic (exact) mass is 324 g/mol. The second kappa shape index (κ2) is 5.13.